The number of carbonyl (C=O) groups is 1. The van der Waals surface area contributed by atoms with Crippen molar-refractivity contribution in [3.8, 4) is 0 Å². The van der Waals surface area contributed by atoms with Crippen LogP contribution in [0.1, 0.15) is 35.2 Å². The van der Waals surface area contributed by atoms with Crippen LogP contribution in [0.4, 0.5) is 0 Å². The summed E-state index contributed by atoms with van der Waals surface area (Å²) in [5.41, 5.74) is 1.35. The first-order valence-electron chi connectivity index (χ1n) is 8.20. The van der Waals surface area contributed by atoms with Gasteiger partial charge in [0.05, 0.1) is 17.9 Å². The van der Waals surface area contributed by atoms with Crippen molar-refractivity contribution in [1.29, 1.82) is 0 Å². The zero-order valence-electron chi connectivity index (χ0n) is 14.0. The molecule has 0 aromatic heterocycles. The third-order valence-electron chi connectivity index (χ3n) is 3.48. The van der Waals surface area contributed by atoms with Gasteiger partial charge in [0.25, 0.3) is 0 Å². The average molecular weight is 379 g/mol. The first-order chi connectivity index (χ1) is 12.1. The second-order valence-electron chi connectivity index (χ2n) is 5.57. The van der Waals surface area contributed by atoms with E-state index in [4.69, 9.17) is 4.74 Å². The molecule has 0 aliphatic heterocycles. The van der Waals surface area contributed by atoms with Crippen molar-refractivity contribution in [2.24, 2.45) is 0 Å². The topological polar surface area (TPSA) is 60.4 Å². The molecule has 0 aliphatic carbocycles. The quantitative estimate of drug-likeness (QED) is 0.351. The maximum Gasteiger partial charge on any atom is 0.338 e. The summed E-state index contributed by atoms with van der Waals surface area (Å²) < 4.78 is 29.2. The SMILES string of the molecule is O=C(OCCCCCSS(=O)(=O)Cc1ccccc1)c1ccccc1. The van der Waals surface area contributed by atoms with Gasteiger partial charge in [-0.25, -0.2) is 13.2 Å². The van der Waals surface area contributed by atoms with E-state index in [-0.39, 0.29) is 11.7 Å². The lowest BCUT2D eigenvalue weighted by atomic mass is 10.2. The summed E-state index contributed by atoms with van der Waals surface area (Å²) in [6, 6.07) is 18.1. The highest BCUT2D eigenvalue weighted by Gasteiger charge is 2.12. The van der Waals surface area contributed by atoms with Crippen LogP contribution in [0.25, 0.3) is 0 Å². The average Bonchev–Trinajstić information content (AvgIpc) is 2.62. The largest absolute Gasteiger partial charge is 0.462 e. The van der Waals surface area contributed by atoms with Gasteiger partial charge in [-0.3, -0.25) is 0 Å². The number of carbonyl (C=O) groups excluding carboxylic acids is 1. The lowest BCUT2D eigenvalue weighted by Crippen LogP contribution is -2.06. The standard InChI is InChI=1S/C19H22O4S2/c20-19(18-12-6-2-7-13-18)23-14-8-3-9-15-24-25(21,22)16-17-10-4-1-5-11-17/h1-2,4-7,10-13H,3,8-9,14-16H2. The van der Waals surface area contributed by atoms with Crippen LogP contribution < -0.4 is 0 Å². The smallest absolute Gasteiger partial charge is 0.338 e. The fourth-order valence-corrected chi connectivity index (χ4v) is 5.24. The third kappa shape index (κ3) is 7.75. The highest BCUT2D eigenvalue weighted by atomic mass is 33.1. The molecule has 0 fully saturated rings. The minimum Gasteiger partial charge on any atom is -0.462 e. The lowest BCUT2D eigenvalue weighted by Gasteiger charge is -2.06. The van der Waals surface area contributed by atoms with E-state index in [9.17, 15) is 13.2 Å². The summed E-state index contributed by atoms with van der Waals surface area (Å²) >= 11 is 0. The molecule has 134 valence electrons. The first-order valence-corrected chi connectivity index (χ1v) is 11.4. The van der Waals surface area contributed by atoms with E-state index in [1.165, 1.54) is 0 Å². The summed E-state index contributed by atoms with van der Waals surface area (Å²) in [6.07, 6.45) is 2.34. The highest BCUT2D eigenvalue weighted by molar-refractivity contribution is 8.71. The van der Waals surface area contributed by atoms with Gasteiger partial charge in [0.15, 0.2) is 0 Å². The van der Waals surface area contributed by atoms with Crippen LogP contribution in [-0.4, -0.2) is 26.7 Å². The van der Waals surface area contributed by atoms with E-state index in [1.807, 2.05) is 36.4 Å². The fourth-order valence-electron chi connectivity index (χ4n) is 2.21. The number of unbranched alkanes of at least 4 members (excludes halogenated alkanes) is 2. The van der Waals surface area contributed by atoms with E-state index in [0.717, 1.165) is 35.6 Å². The molecule has 0 N–H and O–H groups in total. The molecule has 0 radical (unpaired) electrons. The summed E-state index contributed by atoms with van der Waals surface area (Å²) in [5.74, 6) is 0.301. The number of hydrogen-bond donors (Lipinski definition) is 0. The number of esters is 1. The number of ether oxygens (including phenoxy) is 1. The monoisotopic (exact) mass is 378 g/mol. The predicted molar refractivity (Wildman–Crippen MR) is 102 cm³/mol. The van der Waals surface area contributed by atoms with Gasteiger partial charge in [0, 0.05) is 5.75 Å². The zero-order valence-corrected chi connectivity index (χ0v) is 15.6. The van der Waals surface area contributed by atoms with Gasteiger partial charge >= 0.3 is 5.97 Å². The van der Waals surface area contributed by atoms with Gasteiger partial charge in [-0.05, 0) is 47.8 Å². The Morgan fingerprint density at radius 2 is 1.52 bits per heavy atom. The maximum atomic E-state index is 12.0. The molecule has 0 atom stereocenters. The molecule has 0 spiro atoms. The molecule has 0 amide bonds. The van der Waals surface area contributed by atoms with Crippen LogP contribution in [-0.2, 0) is 19.4 Å². The van der Waals surface area contributed by atoms with E-state index in [1.54, 1.807) is 24.3 Å². The Hall–Kier alpha value is -1.79. The summed E-state index contributed by atoms with van der Waals surface area (Å²) in [5, 5.41) is 0. The van der Waals surface area contributed by atoms with Gasteiger partial charge < -0.3 is 4.74 Å². The maximum absolute atomic E-state index is 12.0. The van der Waals surface area contributed by atoms with Gasteiger partial charge in [0.1, 0.15) is 0 Å². The van der Waals surface area contributed by atoms with Crippen molar-refractivity contribution in [1.82, 2.24) is 0 Å². The third-order valence-corrected chi connectivity index (χ3v) is 6.91. The van der Waals surface area contributed by atoms with Crippen molar-refractivity contribution in [2.45, 2.75) is 25.0 Å². The Kier molecular flexibility index (Phi) is 8.01. The molecule has 2 rings (SSSR count). The molecule has 25 heavy (non-hydrogen) atoms. The molecule has 6 heteroatoms. The number of benzene rings is 2. The van der Waals surface area contributed by atoms with Gasteiger partial charge in [-0.15, -0.1) is 0 Å². The predicted octanol–water partition coefficient (Wildman–Crippen LogP) is 4.28. The van der Waals surface area contributed by atoms with E-state index in [0.29, 0.717) is 17.9 Å². The normalized spacial score (nSPS) is 11.2. The molecular weight excluding hydrogens is 356 g/mol. The van der Waals surface area contributed by atoms with Gasteiger partial charge in [-0.1, -0.05) is 48.5 Å². The molecule has 0 saturated heterocycles. The lowest BCUT2D eigenvalue weighted by molar-refractivity contribution is 0.0498. The summed E-state index contributed by atoms with van der Waals surface area (Å²) in [7, 11) is -2.15. The van der Waals surface area contributed by atoms with Crippen LogP contribution in [0, 0.1) is 0 Å². The van der Waals surface area contributed by atoms with Gasteiger partial charge in [-0.2, -0.15) is 0 Å². The minimum atomic E-state index is -3.15. The molecule has 2 aromatic carbocycles. The summed E-state index contributed by atoms with van der Waals surface area (Å²) in [6.45, 7) is 0.356. The van der Waals surface area contributed by atoms with Crippen molar-refractivity contribution in [3.05, 3.63) is 71.8 Å². The van der Waals surface area contributed by atoms with Crippen molar-refractivity contribution in [3.63, 3.8) is 0 Å². The van der Waals surface area contributed by atoms with Crippen LogP contribution in [0.15, 0.2) is 60.7 Å². The molecule has 0 unspecified atom stereocenters. The van der Waals surface area contributed by atoms with E-state index >= 15 is 0 Å². The molecule has 0 bridgehead atoms. The molecule has 0 aliphatic rings. The van der Waals surface area contributed by atoms with Crippen LogP contribution in [0.3, 0.4) is 0 Å². The molecule has 0 saturated carbocycles. The summed E-state index contributed by atoms with van der Waals surface area (Å²) in [4.78, 5) is 11.7. The Morgan fingerprint density at radius 3 is 2.20 bits per heavy atom. The Balaban J connectivity index is 1.56. The molecular formula is C19H22O4S2. The Bertz CT molecular complexity index is 744. The van der Waals surface area contributed by atoms with Crippen molar-refractivity contribution < 1.29 is 17.9 Å². The second-order valence-corrected chi connectivity index (χ2v) is 9.85. The Labute approximate surface area is 152 Å². The molecule has 0 heterocycles. The minimum absolute atomic E-state index is 0.0627. The van der Waals surface area contributed by atoms with Gasteiger partial charge in [0.2, 0.25) is 8.87 Å². The fraction of sp³-hybridized carbons (Fsp3) is 0.316. The molecule has 4 nitrogen and oxygen atoms in total. The second kappa shape index (κ2) is 10.3. The highest BCUT2D eigenvalue weighted by Crippen LogP contribution is 2.20. The number of hydrogen-bond acceptors (Lipinski definition) is 5. The zero-order chi connectivity index (χ0) is 18.0. The number of rotatable bonds is 10. The Morgan fingerprint density at radius 1 is 0.880 bits per heavy atom. The van der Waals surface area contributed by atoms with Crippen LogP contribution in [0.2, 0.25) is 0 Å². The van der Waals surface area contributed by atoms with Crippen molar-refractivity contribution in [2.75, 3.05) is 12.4 Å². The van der Waals surface area contributed by atoms with E-state index in [2.05, 4.69) is 0 Å². The molecule has 2 aromatic rings. The first kappa shape index (κ1) is 19.5. The van der Waals surface area contributed by atoms with Crippen LogP contribution >= 0.6 is 10.8 Å². The van der Waals surface area contributed by atoms with Crippen LogP contribution in [0.5, 0.6) is 0 Å². The van der Waals surface area contributed by atoms with E-state index < -0.39 is 8.87 Å². The van der Waals surface area contributed by atoms with Crippen molar-refractivity contribution >= 4 is 25.6 Å².